The molecule has 2 unspecified atom stereocenters. The molecule has 7 heavy (non-hydrogen) atoms. The van der Waals surface area contributed by atoms with Crippen LogP contribution in [0.2, 0.25) is 0 Å². The van der Waals surface area contributed by atoms with Crippen molar-refractivity contribution in [3.8, 4) is 0 Å². The summed E-state index contributed by atoms with van der Waals surface area (Å²) in [6.45, 7) is 1.74. The van der Waals surface area contributed by atoms with Crippen molar-refractivity contribution in [1.82, 2.24) is 0 Å². The molecular formula is C3H9O2PS. The maximum absolute atomic E-state index is 10.4. The number of rotatable bonds is 2. The Morgan fingerprint density at radius 1 is 1.86 bits per heavy atom. The fourth-order valence-electron chi connectivity index (χ4n) is 0.171. The lowest BCUT2D eigenvalue weighted by Gasteiger charge is -1.98. The maximum Gasteiger partial charge on any atom is 0.203 e. The van der Waals surface area contributed by atoms with Gasteiger partial charge in [0.05, 0.1) is 4.99 Å². The van der Waals surface area contributed by atoms with Crippen molar-refractivity contribution in [3.05, 3.63) is 0 Å². The Kier molecular flexibility index (Phi) is 3.80. The second kappa shape index (κ2) is 3.53. The number of hydrogen-bond donors (Lipinski definition) is 1. The zero-order valence-electron chi connectivity index (χ0n) is 4.34. The lowest BCUT2D eigenvalue weighted by atomic mass is 11.0. The summed E-state index contributed by atoms with van der Waals surface area (Å²) in [4.78, 5) is -0.116. The normalized spacial score (nSPS) is 18.7. The van der Waals surface area contributed by atoms with Crippen molar-refractivity contribution in [1.29, 1.82) is 0 Å². The van der Waals surface area contributed by atoms with E-state index < -0.39 is 8.03 Å². The quantitative estimate of drug-likeness (QED) is 0.463. The van der Waals surface area contributed by atoms with E-state index in [1.165, 1.54) is 7.11 Å². The smallest absolute Gasteiger partial charge is 0.203 e. The zero-order valence-corrected chi connectivity index (χ0v) is 6.24. The van der Waals surface area contributed by atoms with Crippen molar-refractivity contribution < 1.29 is 9.09 Å². The Bertz CT molecular complexity index is 73.3. The Labute approximate surface area is 49.5 Å². The molecule has 0 saturated heterocycles. The topological polar surface area (TPSA) is 26.3 Å². The number of thiol groups is 1. The molecule has 0 heterocycles. The minimum atomic E-state index is -1.83. The first-order valence-electron chi connectivity index (χ1n) is 1.94. The van der Waals surface area contributed by atoms with E-state index in [1.54, 1.807) is 6.92 Å². The summed E-state index contributed by atoms with van der Waals surface area (Å²) in [7, 11) is -0.407. The van der Waals surface area contributed by atoms with Crippen LogP contribution in [0.25, 0.3) is 0 Å². The highest BCUT2D eigenvalue weighted by atomic mass is 32.1. The van der Waals surface area contributed by atoms with Gasteiger partial charge < -0.3 is 4.52 Å². The van der Waals surface area contributed by atoms with E-state index in [2.05, 4.69) is 17.2 Å². The molecule has 0 radical (unpaired) electrons. The summed E-state index contributed by atoms with van der Waals surface area (Å²) in [6.07, 6.45) is 0. The largest absolute Gasteiger partial charge is 0.333 e. The van der Waals surface area contributed by atoms with Crippen molar-refractivity contribution in [2.75, 3.05) is 7.11 Å². The fourth-order valence-corrected chi connectivity index (χ4v) is 0.828. The van der Waals surface area contributed by atoms with E-state index >= 15 is 0 Å². The van der Waals surface area contributed by atoms with Crippen LogP contribution in [0, 0.1) is 0 Å². The molecule has 0 aliphatic heterocycles. The first kappa shape index (κ1) is 7.54. The molecule has 0 N–H and O–H groups in total. The van der Waals surface area contributed by atoms with Crippen LogP contribution < -0.4 is 0 Å². The molecule has 0 aliphatic carbocycles. The first-order chi connectivity index (χ1) is 3.18. The molecule has 2 atom stereocenters. The van der Waals surface area contributed by atoms with Gasteiger partial charge in [0, 0.05) is 7.11 Å². The highest BCUT2D eigenvalue weighted by Crippen LogP contribution is 2.29. The summed E-state index contributed by atoms with van der Waals surface area (Å²) in [6, 6.07) is 0. The van der Waals surface area contributed by atoms with Gasteiger partial charge in [-0.2, -0.15) is 12.6 Å². The molecule has 0 fully saturated rings. The van der Waals surface area contributed by atoms with E-state index in [1.807, 2.05) is 0 Å². The second-order valence-electron chi connectivity index (χ2n) is 1.20. The van der Waals surface area contributed by atoms with E-state index in [0.717, 1.165) is 0 Å². The molecule has 44 valence electrons. The SMILES string of the molecule is CO[PH](=O)C(C)S. The van der Waals surface area contributed by atoms with Gasteiger partial charge in [0.1, 0.15) is 0 Å². The molecule has 0 rings (SSSR count). The Balaban J connectivity index is 3.35. The van der Waals surface area contributed by atoms with Crippen LogP contribution in [-0.2, 0) is 9.09 Å². The van der Waals surface area contributed by atoms with Crippen LogP contribution >= 0.6 is 20.7 Å². The van der Waals surface area contributed by atoms with E-state index in [9.17, 15) is 4.57 Å². The van der Waals surface area contributed by atoms with Crippen LogP contribution in [0.5, 0.6) is 0 Å². The standard InChI is InChI=1S/C3H9O2PS/c1-3(7)6(4)5-2/h3,6-7H,1-2H3. The molecule has 0 amide bonds. The highest BCUT2D eigenvalue weighted by Gasteiger charge is 2.00. The zero-order chi connectivity index (χ0) is 5.86. The van der Waals surface area contributed by atoms with Gasteiger partial charge in [-0.3, -0.25) is 4.57 Å². The van der Waals surface area contributed by atoms with Gasteiger partial charge in [0.15, 0.2) is 0 Å². The summed E-state index contributed by atoms with van der Waals surface area (Å²) in [5, 5.41) is 0. The van der Waals surface area contributed by atoms with Crippen molar-refractivity contribution in [2.24, 2.45) is 0 Å². The average Bonchev–Trinajstić information content (AvgIpc) is 1.65. The van der Waals surface area contributed by atoms with Crippen LogP contribution in [0.3, 0.4) is 0 Å². The Morgan fingerprint density at radius 2 is 2.29 bits per heavy atom. The molecule has 0 saturated carbocycles. The molecular weight excluding hydrogens is 131 g/mol. The van der Waals surface area contributed by atoms with Gasteiger partial charge in [-0.25, -0.2) is 0 Å². The van der Waals surface area contributed by atoms with Gasteiger partial charge in [-0.1, -0.05) is 0 Å². The van der Waals surface area contributed by atoms with Crippen molar-refractivity contribution >= 4 is 20.7 Å². The monoisotopic (exact) mass is 140 g/mol. The third kappa shape index (κ3) is 3.15. The molecule has 0 bridgehead atoms. The molecule has 4 heteroatoms. The van der Waals surface area contributed by atoms with E-state index in [0.29, 0.717) is 0 Å². The van der Waals surface area contributed by atoms with Gasteiger partial charge in [-0.15, -0.1) is 0 Å². The minimum Gasteiger partial charge on any atom is -0.333 e. The average molecular weight is 140 g/mol. The molecule has 0 aromatic carbocycles. The number of hydrogen-bond acceptors (Lipinski definition) is 3. The molecule has 0 spiro atoms. The van der Waals surface area contributed by atoms with Gasteiger partial charge in [-0.05, 0) is 6.92 Å². The van der Waals surface area contributed by atoms with Gasteiger partial charge in [0.2, 0.25) is 8.03 Å². The second-order valence-corrected chi connectivity index (χ2v) is 4.37. The maximum atomic E-state index is 10.4. The van der Waals surface area contributed by atoms with Crippen LogP contribution in [0.15, 0.2) is 0 Å². The highest BCUT2D eigenvalue weighted by molar-refractivity contribution is 7.87. The molecule has 0 aromatic rings. The summed E-state index contributed by atoms with van der Waals surface area (Å²) >= 11 is 3.88. The van der Waals surface area contributed by atoms with E-state index in [4.69, 9.17) is 0 Å². The molecule has 2 nitrogen and oxygen atoms in total. The van der Waals surface area contributed by atoms with Crippen LogP contribution in [0.4, 0.5) is 0 Å². The summed E-state index contributed by atoms with van der Waals surface area (Å²) in [5.74, 6) is 0. The summed E-state index contributed by atoms with van der Waals surface area (Å²) in [5.41, 5.74) is 0. The van der Waals surface area contributed by atoms with Crippen molar-refractivity contribution in [3.63, 3.8) is 0 Å². The Morgan fingerprint density at radius 3 is 2.29 bits per heavy atom. The van der Waals surface area contributed by atoms with Crippen LogP contribution in [-0.4, -0.2) is 12.1 Å². The van der Waals surface area contributed by atoms with Crippen LogP contribution in [0.1, 0.15) is 6.92 Å². The lowest BCUT2D eigenvalue weighted by Crippen LogP contribution is -1.80. The summed E-state index contributed by atoms with van der Waals surface area (Å²) < 4.78 is 14.9. The third-order valence-corrected chi connectivity index (χ3v) is 2.26. The minimum absolute atomic E-state index is 0.116. The predicted molar refractivity (Wildman–Crippen MR) is 34.5 cm³/mol. The van der Waals surface area contributed by atoms with E-state index in [-0.39, 0.29) is 4.99 Å². The first-order valence-corrected chi connectivity index (χ1v) is 3.85. The third-order valence-electron chi connectivity index (χ3n) is 0.542. The predicted octanol–water partition coefficient (Wildman–Crippen LogP) is 1.38. The van der Waals surface area contributed by atoms with Gasteiger partial charge in [0.25, 0.3) is 0 Å². The lowest BCUT2D eigenvalue weighted by molar-refractivity contribution is 0.414. The Hall–Kier alpha value is 0.540. The fraction of sp³-hybridized carbons (Fsp3) is 1.00. The van der Waals surface area contributed by atoms with Crippen molar-refractivity contribution in [2.45, 2.75) is 11.9 Å². The molecule has 0 aromatic heterocycles. The van der Waals surface area contributed by atoms with Gasteiger partial charge >= 0.3 is 0 Å². The molecule has 0 aliphatic rings.